The van der Waals surface area contributed by atoms with E-state index in [1.54, 1.807) is 12.3 Å². The molecule has 0 spiro atoms. The van der Waals surface area contributed by atoms with Crippen molar-refractivity contribution in [2.24, 2.45) is 16.3 Å². The van der Waals surface area contributed by atoms with Crippen molar-refractivity contribution in [3.05, 3.63) is 106 Å². The van der Waals surface area contributed by atoms with Gasteiger partial charge in [0.1, 0.15) is 12.3 Å². The van der Waals surface area contributed by atoms with Crippen LogP contribution in [0.1, 0.15) is 93.1 Å². The largest absolute Gasteiger partial charge is 0.338 e. The number of benzene rings is 3. The quantitative estimate of drug-likeness (QED) is 0.178. The topological polar surface area (TPSA) is 107 Å². The van der Waals surface area contributed by atoms with E-state index in [4.69, 9.17) is 9.79 Å². The van der Waals surface area contributed by atoms with Crippen molar-refractivity contribution in [1.82, 2.24) is 19.9 Å². The number of hydrogen-bond acceptors (Lipinski definition) is 8. The first-order valence-corrected chi connectivity index (χ1v) is 18.5. The number of halogens is 2. The van der Waals surface area contributed by atoms with Gasteiger partial charge in [-0.15, -0.1) is 0 Å². The highest BCUT2D eigenvalue weighted by molar-refractivity contribution is 6.09. The Hall–Kier alpha value is -5.40. The number of carbonyl (C=O) groups excluding carboxylic acids is 1. The number of nitrogens with zero attached hydrogens (tertiary/aromatic N) is 6. The second kappa shape index (κ2) is 17.2. The average Bonchev–Trinajstić information content (AvgIpc) is 3.60. The SMILES string of the molecule is C=O.CC.Cc1cnc2c(Nc3cccc(-c4cccc(C5=Nc6cc(CN7CCC(C(C)(C)C)CC7)cc(C#N)c6C5)c4C)c3)nc(C(F)F)nc2c1. The molecule has 0 unspecified atom stereocenters. The summed E-state index contributed by atoms with van der Waals surface area (Å²) in [6.45, 7) is 19.9. The van der Waals surface area contributed by atoms with Gasteiger partial charge in [-0.25, -0.2) is 18.7 Å². The predicted molar refractivity (Wildman–Crippen MR) is 214 cm³/mol. The molecular weight excluding hydrogens is 681 g/mol. The normalized spacial score (nSPS) is 14.4. The molecule has 0 bridgehead atoms. The summed E-state index contributed by atoms with van der Waals surface area (Å²) in [5.41, 5.74) is 11.4. The molecule has 2 aliphatic rings. The van der Waals surface area contributed by atoms with Crippen LogP contribution in [0.5, 0.6) is 0 Å². The van der Waals surface area contributed by atoms with Gasteiger partial charge in [0.2, 0.25) is 0 Å². The highest BCUT2D eigenvalue weighted by atomic mass is 19.3. The molecule has 2 aliphatic heterocycles. The van der Waals surface area contributed by atoms with Gasteiger partial charge in [-0.05, 0) is 115 Å². The number of likely N-dealkylation sites (tertiary alicyclic amines) is 1. The van der Waals surface area contributed by atoms with Crippen molar-refractivity contribution in [2.45, 2.75) is 80.7 Å². The van der Waals surface area contributed by atoms with Crippen molar-refractivity contribution in [3.63, 3.8) is 0 Å². The molecule has 0 aliphatic carbocycles. The van der Waals surface area contributed by atoms with Crippen LogP contribution in [0.15, 0.2) is 71.9 Å². The first-order chi connectivity index (χ1) is 26.0. The lowest BCUT2D eigenvalue weighted by atomic mass is 9.75. The molecule has 1 saturated heterocycles. The fourth-order valence-electron chi connectivity index (χ4n) is 7.40. The third-order valence-corrected chi connectivity index (χ3v) is 10.2. The number of nitriles is 1. The molecule has 0 saturated carbocycles. The maximum Gasteiger partial charge on any atom is 0.297 e. The molecule has 0 amide bonds. The van der Waals surface area contributed by atoms with E-state index >= 15 is 0 Å². The van der Waals surface area contributed by atoms with Gasteiger partial charge in [-0.3, -0.25) is 14.9 Å². The summed E-state index contributed by atoms with van der Waals surface area (Å²) in [7, 11) is 0. The van der Waals surface area contributed by atoms with E-state index in [0.717, 1.165) is 75.9 Å². The third-order valence-electron chi connectivity index (χ3n) is 10.2. The number of aromatic nitrogens is 3. The molecular formula is C44H49F2N7O. The molecule has 2 aromatic heterocycles. The van der Waals surface area contributed by atoms with E-state index in [2.05, 4.69) is 83.2 Å². The molecule has 7 rings (SSSR count). The Kier molecular flexibility index (Phi) is 12.7. The second-order valence-electron chi connectivity index (χ2n) is 14.7. The molecule has 1 N–H and O–H groups in total. The van der Waals surface area contributed by atoms with E-state index in [9.17, 15) is 14.0 Å². The molecule has 8 nitrogen and oxygen atoms in total. The predicted octanol–water partition coefficient (Wildman–Crippen LogP) is 10.6. The minimum Gasteiger partial charge on any atom is -0.338 e. The third kappa shape index (κ3) is 8.69. The van der Waals surface area contributed by atoms with E-state index < -0.39 is 12.2 Å². The number of pyridine rings is 1. The lowest BCUT2D eigenvalue weighted by molar-refractivity contribution is -0.0980. The van der Waals surface area contributed by atoms with Crippen molar-refractivity contribution in [3.8, 4) is 17.2 Å². The first-order valence-electron chi connectivity index (χ1n) is 18.5. The van der Waals surface area contributed by atoms with Crippen molar-refractivity contribution >= 4 is 40.7 Å². The standard InChI is InChI=1S/C41H41F2N7.C2H6.CH2O/c1-24-16-36-37(45-22-24)39(49-40(48-36)38(42)43)46-30-9-6-8-27(19-30)31-10-7-11-32(25(31)2)35-20-33-28(21-44)17-26(18-34(33)47-35)23-50-14-12-29(13-15-50)41(3,4)5;2*1-2/h6-11,16-19,22,29,38H,12-15,20,23H2,1-5H3,(H,46,48,49);1-2H3;1H2. The van der Waals surface area contributed by atoms with Crippen molar-refractivity contribution in [1.29, 1.82) is 5.26 Å². The van der Waals surface area contributed by atoms with Crippen LogP contribution >= 0.6 is 0 Å². The average molecular weight is 730 g/mol. The van der Waals surface area contributed by atoms with Crippen LogP contribution in [-0.2, 0) is 17.8 Å². The Balaban J connectivity index is 0.00000136. The monoisotopic (exact) mass is 729 g/mol. The number of rotatable bonds is 7. The van der Waals surface area contributed by atoms with Crippen LogP contribution in [0.4, 0.5) is 26.0 Å². The minimum absolute atomic E-state index is 0.230. The van der Waals surface area contributed by atoms with Crippen LogP contribution < -0.4 is 5.32 Å². The van der Waals surface area contributed by atoms with Crippen molar-refractivity contribution in [2.75, 3.05) is 18.4 Å². The van der Waals surface area contributed by atoms with Crippen LogP contribution in [-0.4, -0.2) is 45.4 Å². The Morgan fingerprint density at radius 1 is 0.981 bits per heavy atom. The number of hydrogen-bond donors (Lipinski definition) is 1. The number of alkyl halides is 2. The molecule has 3 aromatic carbocycles. The Morgan fingerprint density at radius 2 is 1.69 bits per heavy atom. The molecule has 4 heterocycles. The van der Waals surface area contributed by atoms with Crippen LogP contribution in [0, 0.1) is 36.5 Å². The number of nitrogens with one attached hydrogen (secondary N) is 1. The first kappa shape index (κ1) is 39.8. The van der Waals surface area contributed by atoms with Gasteiger partial charge in [-0.2, -0.15) is 5.26 Å². The molecule has 0 radical (unpaired) electrons. The minimum atomic E-state index is -2.81. The summed E-state index contributed by atoms with van der Waals surface area (Å²) in [6.07, 6.45) is 1.86. The molecule has 54 heavy (non-hydrogen) atoms. The number of piperidine rings is 1. The number of anilines is 2. The van der Waals surface area contributed by atoms with Gasteiger partial charge in [0, 0.05) is 30.4 Å². The Bertz CT molecular complexity index is 2190. The lowest BCUT2D eigenvalue weighted by Crippen LogP contribution is -2.37. The smallest absolute Gasteiger partial charge is 0.297 e. The zero-order valence-electron chi connectivity index (χ0n) is 32.3. The van der Waals surface area contributed by atoms with Crippen LogP contribution in [0.2, 0.25) is 0 Å². The fraction of sp³-hybridized carbons (Fsp3) is 0.364. The molecule has 5 aromatic rings. The van der Waals surface area contributed by atoms with E-state index in [0.29, 0.717) is 34.1 Å². The molecule has 280 valence electrons. The Morgan fingerprint density at radius 3 is 2.37 bits per heavy atom. The van der Waals surface area contributed by atoms with E-state index in [1.165, 1.54) is 12.8 Å². The molecule has 0 atom stereocenters. The highest BCUT2D eigenvalue weighted by Gasteiger charge is 2.29. The van der Waals surface area contributed by atoms with Gasteiger partial charge in [-0.1, -0.05) is 65.0 Å². The summed E-state index contributed by atoms with van der Waals surface area (Å²) in [4.78, 5) is 28.2. The maximum atomic E-state index is 13.7. The number of aliphatic imine (C=N–C) groups is 1. The summed E-state index contributed by atoms with van der Waals surface area (Å²) < 4.78 is 27.4. The number of carbonyl (C=O) groups is 1. The summed E-state index contributed by atoms with van der Waals surface area (Å²) >= 11 is 0. The summed E-state index contributed by atoms with van der Waals surface area (Å²) in [6, 6.07) is 22.4. The lowest BCUT2D eigenvalue weighted by Gasteiger charge is -2.38. The fourth-order valence-corrected chi connectivity index (χ4v) is 7.40. The zero-order chi connectivity index (χ0) is 39.2. The molecule has 1 fully saturated rings. The van der Waals surface area contributed by atoms with Gasteiger partial charge in [0.15, 0.2) is 11.6 Å². The Labute approximate surface area is 317 Å². The van der Waals surface area contributed by atoms with E-state index in [-0.39, 0.29) is 5.82 Å². The van der Waals surface area contributed by atoms with E-state index in [1.807, 2.05) is 57.9 Å². The zero-order valence-corrected chi connectivity index (χ0v) is 32.3. The van der Waals surface area contributed by atoms with Crippen LogP contribution in [0.25, 0.3) is 22.2 Å². The number of fused-ring (bicyclic) bond motifs is 2. The highest BCUT2D eigenvalue weighted by Crippen LogP contribution is 2.38. The number of aryl methyl sites for hydroxylation is 1. The summed E-state index contributed by atoms with van der Waals surface area (Å²) in [5.74, 6) is 0.422. The van der Waals surface area contributed by atoms with Crippen molar-refractivity contribution < 1.29 is 13.6 Å². The van der Waals surface area contributed by atoms with Crippen LogP contribution in [0.3, 0.4) is 0 Å². The summed E-state index contributed by atoms with van der Waals surface area (Å²) in [5, 5.41) is 13.4. The molecule has 10 heteroatoms. The van der Waals surface area contributed by atoms with Gasteiger partial charge < -0.3 is 10.1 Å². The second-order valence-corrected chi connectivity index (χ2v) is 14.7. The maximum absolute atomic E-state index is 13.7. The van der Waals surface area contributed by atoms with Gasteiger partial charge in [0.25, 0.3) is 6.43 Å². The van der Waals surface area contributed by atoms with Gasteiger partial charge in [0.05, 0.1) is 28.5 Å². The van der Waals surface area contributed by atoms with Gasteiger partial charge >= 0.3 is 0 Å².